The van der Waals surface area contributed by atoms with E-state index in [-0.39, 0.29) is 18.4 Å². The number of ether oxygens (including phenoxy) is 2. The Bertz CT molecular complexity index is 1310. The molecule has 0 aliphatic carbocycles. The van der Waals surface area contributed by atoms with Crippen LogP contribution >= 0.6 is 0 Å². The topological polar surface area (TPSA) is 98.6 Å². The number of benzene rings is 3. The zero-order valence-corrected chi connectivity index (χ0v) is 20.3. The van der Waals surface area contributed by atoms with E-state index in [0.29, 0.717) is 42.3 Å². The first-order chi connectivity index (χ1) is 17.6. The minimum absolute atomic E-state index is 0.115. The number of hydrogen-bond acceptors (Lipinski definition) is 6. The van der Waals surface area contributed by atoms with E-state index in [4.69, 9.17) is 9.47 Å². The Labute approximate surface area is 209 Å². The minimum Gasteiger partial charge on any atom is -0.492 e. The van der Waals surface area contributed by atoms with Gasteiger partial charge in [-0.2, -0.15) is 0 Å². The number of hydrogen-bond donors (Lipinski definition) is 1. The van der Waals surface area contributed by atoms with E-state index in [1.165, 1.54) is 4.90 Å². The number of para-hydroxylation sites is 3. The van der Waals surface area contributed by atoms with Gasteiger partial charge >= 0.3 is 0 Å². The largest absolute Gasteiger partial charge is 0.492 e. The zero-order valence-electron chi connectivity index (χ0n) is 20.3. The van der Waals surface area contributed by atoms with Gasteiger partial charge < -0.3 is 14.8 Å². The number of nitrogens with zero attached hydrogens (tertiary/aromatic N) is 4. The summed E-state index contributed by atoms with van der Waals surface area (Å²) in [5, 5.41) is 11.2. The summed E-state index contributed by atoms with van der Waals surface area (Å²) in [7, 11) is 1.57. The van der Waals surface area contributed by atoms with Crippen molar-refractivity contribution in [3.63, 3.8) is 0 Å². The fourth-order valence-corrected chi connectivity index (χ4v) is 4.02. The third-order valence-corrected chi connectivity index (χ3v) is 5.63. The van der Waals surface area contributed by atoms with Crippen LogP contribution in [-0.2, 0) is 20.9 Å². The first kappa shape index (κ1) is 24.9. The van der Waals surface area contributed by atoms with Crippen molar-refractivity contribution in [2.24, 2.45) is 0 Å². The first-order valence-electron chi connectivity index (χ1n) is 11.8. The molecule has 0 spiro atoms. The summed E-state index contributed by atoms with van der Waals surface area (Å²) >= 11 is 0. The summed E-state index contributed by atoms with van der Waals surface area (Å²) in [6.45, 7) is 2.82. The average Bonchev–Trinajstić information content (AvgIpc) is 3.31. The van der Waals surface area contributed by atoms with E-state index in [2.05, 4.69) is 15.6 Å². The van der Waals surface area contributed by atoms with Crippen LogP contribution in [0.2, 0.25) is 0 Å². The molecule has 0 saturated carbocycles. The van der Waals surface area contributed by atoms with Gasteiger partial charge in [-0.1, -0.05) is 59.8 Å². The molecule has 2 amide bonds. The second-order valence-electron chi connectivity index (χ2n) is 8.00. The van der Waals surface area contributed by atoms with Crippen LogP contribution in [0.1, 0.15) is 18.5 Å². The van der Waals surface area contributed by atoms with Gasteiger partial charge in [0.05, 0.1) is 24.4 Å². The fourth-order valence-electron chi connectivity index (χ4n) is 4.02. The molecule has 0 bridgehead atoms. The Morgan fingerprint density at radius 3 is 2.50 bits per heavy atom. The lowest BCUT2D eigenvalue weighted by Gasteiger charge is -2.32. The van der Waals surface area contributed by atoms with Gasteiger partial charge in [0.25, 0.3) is 0 Å². The lowest BCUT2D eigenvalue weighted by molar-refractivity contribution is -0.127. The van der Waals surface area contributed by atoms with E-state index in [1.54, 1.807) is 23.9 Å². The van der Waals surface area contributed by atoms with Crippen molar-refractivity contribution in [1.29, 1.82) is 0 Å². The number of carbonyl (C=O) groups excluding carboxylic acids is 2. The highest BCUT2D eigenvalue weighted by molar-refractivity contribution is 6.02. The van der Waals surface area contributed by atoms with E-state index < -0.39 is 6.04 Å². The molecular weight excluding hydrogens is 458 g/mol. The molecular formula is C27H29N5O4. The normalized spacial score (nSPS) is 11.7. The second-order valence-corrected chi connectivity index (χ2v) is 8.00. The molecule has 1 aromatic heterocycles. The molecule has 1 atom stereocenters. The maximum Gasteiger partial charge on any atom is 0.249 e. The number of amides is 2. The minimum atomic E-state index is -0.952. The first-order valence-corrected chi connectivity index (χ1v) is 11.8. The lowest BCUT2D eigenvalue weighted by atomic mass is 10.0. The Hall–Kier alpha value is -4.24. The molecule has 0 radical (unpaired) electrons. The standard InChI is InChI=1S/C27H29N5O4/c1-3-36-24-16-10-9-15-23(24)32(25(33)19-31-22-14-8-7-13-21(22)29-30-31)26(20-11-5-4-6-12-20)27(34)28-17-18-35-2/h4-16,26H,3,17-19H2,1-2H3,(H,28,34)/t26-/m0/s1. The van der Waals surface area contributed by atoms with Crippen molar-refractivity contribution in [3.05, 3.63) is 84.4 Å². The molecule has 186 valence electrons. The Balaban J connectivity index is 1.80. The van der Waals surface area contributed by atoms with E-state index in [1.807, 2.05) is 73.7 Å². The summed E-state index contributed by atoms with van der Waals surface area (Å²) in [6.07, 6.45) is 0. The zero-order chi connectivity index (χ0) is 25.3. The predicted molar refractivity (Wildman–Crippen MR) is 137 cm³/mol. The van der Waals surface area contributed by atoms with Crippen molar-refractivity contribution in [2.75, 3.05) is 31.8 Å². The molecule has 3 aromatic carbocycles. The third-order valence-electron chi connectivity index (χ3n) is 5.63. The van der Waals surface area contributed by atoms with Gasteiger partial charge in [0.2, 0.25) is 11.8 Å². The lowest BCUT2D eigenvalue weighted by Crippen LogP contribution is -2.46. The molecule has 9 heteroatoms. The number of nitrogens with one attached hydrogen (secondary N) is 1. The highest BCUT2D eigenvalue weighted by Crippen LogP contribution is 2.35. The summed E-state index contributed by atoms with van der Waals surface area (Å²) in [5.74, 6) is -0.169. The molecule has 36 heavy (non-hydrogen) atoms. The van der Waals surface area contributed by atoms with Gasteiger partial charge in [0, 0.05) is 13.7 Å². The van der Waals surface area contributed by atoms with Gasteiger partial charge in [-0.3, -0.25) is 14.5 Å². The molecule has 9 nitrogen and oxygen atoms in total. The summed E-state index contributed by atoms with van der Waals surface area (Å²) < 4.78 is 12.5. The summed E-state index contributed by atoms with van der Waals surface area (Å²) in [4.78, 5) is 29.1. The van der Waals surface area contributed by atoms with Gasteiger partial charge in [-0.15, -0.1) is 5.10 Å². The van der Waals surface area contributed by atoms with Crippen LogP contribution in [0.5, 0.6) is 5.75 Å². The summed E-state index contributed by atoms with van der Waals surface area (Å²) in [6, 6.07) is 22.9. The monoisotopic (exact) mass is 487 g/mol. The van der Waals surface area contributed by atoms with E-state index in [9.17, 15) is 9.59 Å². The maximum absolute atomic E-state index is 14.0. The molecule has 0 saturated heterocycles. The SMILES string of the molecule is CCOc1ccccc1N(C(=O)Cn1nnc2ccccc21)[C@H](C(=O)NCCOC)c1ccccc1. The van der Waals surface area contributed by atoms with Crippen LogP contribution in [0.3, 0.4) is 0 Å². The summed E-state index contributed by atoms with van der Waals surface area (Å²) in [5.41, 5.74) is 2.56. The van der Waals surface area contributed by atoms with E-state index in [0.717, 1.165) is 5.52 Å². The van der Waals surface area contributed by atoms with Crippen molar-refractivity contribution in [2.45, 2.75) is 19.5 Å². The molecule has 0 fully saturated rings. The highest BCUT2D eigenvalue weighted by atomic mass is 16.5. The van der Waals surface area contributed by atoms with Crippen LogP contribution in [0, 0.1) is 0 Å². The van der Waals surface area contributed by atoms with Crippen LogP contribution in [-0.4, -0.2) is 53.7 Å². The molecule has 4 rings (SSSR count). The number of fused-ring (bicyclic) bond motifs is 1. The number of aromatic nitrogens is 3. The van der Waals surface area contributed by atoms with Crippen LogP contribution < -0.4 is 15.0 Å². The van der Waals surface area contributed by atoms with Crippen LogP contribution in [0.25, 0.3) is 11.0 Å². The number of rotatable bonds is 11. The van der Waals surface area contributed by atoms with E-state index >= 15 is 0 Å². The maximum atomic E-state index is 14.0. The Morgan fingerprint density at radius 1 is 1.00 bits per heavy atom. The van der Waals surface area contributed by atoms with Gasteiger partial charge in [0.1, 0.15) is 23.9 Å². The van der Waals surface area contributed by atoms with Gasteiger partial charge in [0.15, 0.2) is 0 Å². The number of methoxy groups -OCH3 is 1. The molecule has 1 N–H and O–H groups in total. The van der Waals surface area contributed by atoms with Crippen molar-refractivity contribution >= 4 is 28.5 Å². The average molecular weight is 488 g/mol. The third kappa shape index (κ3) is 5.52. The second kappa shape index (κ2) is 11.9. The molecule has 4 aromatic rings. The molecule has 0 aliphatic rings. The van der Waals surface area contributed by atoms with Crippen LogP contribution in [0.4, 0.5) is 5.69 Å². The van der Waals surface area contributed by atoms with Gasteiger partial charge in [-0.05, 0) is 36.8 Å². The quantitative estimate of drug-likeness (QED) is 0.326. The molecule has 0 aliphatic heterocycles. The Kier molecular flexibility index (Phi) is 8.25. The highest BCUT2D eigenvalue weighted by Gasteiger charge is 2.34. The number of carbonyl (C=O) groups is 2. The fraction of sp³-hybridized carbons (Fsp3) is 0.259. The van der Waals surface area contributed by atoms with Crippen molar-refractivity contribution < 1.29 is 19.1 Å². The van der Waals surface area contributed by atoms with Crippen LogP contribution in [0.15, 0.2) is 78.9 Å². The van der Waals surface area contributed by atoms with Crippen molar-refractivity contribution in [1.82, 2.24) is 20.3 Å². The Morgan fingerprint density at radius 2 is 1.72 bits per heavy atom. The van der Waals surface area contributed by atoms with Crippen molar-refractivity contribution in [3.8, 4) is 5.75 Å². The predicted octanol–water partition coefficient (Wildman–Crippen LogP) is 3.37. The number of anilines is 1. The molecule has 1 heterocycles. The molecule has 0 unspecified atom stereocenters. The smallest absolute Gasteiger partial charge is 0.249 e. The van der Waals surface area contributed by atoms with Gasteiger partial charge in [-0.25, -0.2) is 4.68 Å².